The fourth-order valence-electron chi connectivity index (χ4n) is 1.85. The quantitative estimate of drug-likeness (QED) is 0.845. The van der Waals surface area contributed by atoms with Crippen LogP contribution in [0, 0.1) is 11.3 Å². The number of amides is 2. The summed E-state index contributed by atoms with van der Waals surface area (Å²) in [6.07, 6.45) is 0. The van der Waals surface area contributed by atoms with Gasteiger partial charge in [-0.3, -0.25) is 4.79 Å². The van der Waals surface area contributed by atoms with Crippen molar-refractivity contribution < 1.29 is 9.59 Å². The fourth-order valence-corrected chi connectivity index (χ4v) is 1.85. The van der Waals surface area contributed by atoms with Crippen molar-refractivity contribution in [3.05, 3.63) is 59.7 Å². The van der Waals surface area contributed by atoms with Crippen molar-refractivity contribution >= 4 is 23.2 Å². The molecule has 0 aromatic heterocycles. The van der Waals surface area contributed by atoms with E-state index in [1.54, 1.807) is 48.5 Å². The molecule has 0 radical (unpaired) electrons. The number of hydrogen-bond donors (Lipinski definition) is 2. The number of anilines is 2. The highest BCUT2D eigenvalue weighted by Gasteiger charge is 2.09. The number of nitrogens with zero attached hydrogens (tertiary/aromatic N) is 1. The molecule has 0 aliphatic rings. The molecule has 0 heterocycles. The highest BCUT2D eigenvalue weighted by atomic mass is 16.2. The first-order valence-electron chi connectivity index (χ1n) is 6.28. The minimum absolute atomic E-state index is 0.127. The lowest BCUT2D eigenvalue weighted by atomic mass is 10.1. The van der Waals surface area contributed by atoms with Crippen LogP contribution in [0.25, 0.3) is 0 Å². The third-order valence-electron chi connectivity index (χ3n) is 2.80. The highest BCUT2D eigenvalue weighted by Crippen LogP contribution is 2.16. The Morgan fingerprint density at radius 3 is 2.52 bits per heavy atom. The lowest BCUT2D eigenvalue weighted by Gasteiger charge is -2.10. The zero-order valence-electron chi connectivity index (χ0n) is 11.4. The van der Waals surface area contributed by atoms with Crippen LogP contribution < -0.4 is 10.6 Å². The molecule has 2 aromatic rings. The number of ketones is 1. The predicted molar refractivity (Wildman–Crippen MR) is 80.2 cm³/mol. The van der Waals surface area contributed by atoms with E-state index in [4.69, 9.17) is 5.26 Å². The highest BCUT2D eigenvalue weighted by molar-refractivity contribution is 6.06. The summed E-state index contributed by atoms with van der Waals surface area (Å²) in [4.78, 5) is 23.4. The summed E-state index contributed by atoms with van der Waals surface area (Å²) in [6, 6.07) is 14.9. The zero-order valence-corrected chi connectivity index (χ0v) is 11.4. The molecule has 0 fully saturated rings. The summed E-state index contributed by atoms with van der Waals surface area (Å²) < 4.78 is 0. The van der Waals surface area contributed by atoms with Crippen LogP contribution in [0.1, 0.15) is 22.8 Å². The number of urea groups is 1. The Hall–Kier alpha value is -3.13. The van der Waals surface area contributed by atoms with E-state index in [2.05, 4.69) is 10.6 Å². The van der Waals surface area contributed by atoms with E-state index in [1.165, 1.54) is 6.92 Å². The number of nitriles is 1. The Labute approximate surface area is 122 Å². The smallest absolute Gasteiger partial charge is 0.308 e. The number of Topliss-reactive ketones (excluding diaryl/α,β-unsaturated/α-hetero) is 1. The number of rotatable bonds is 3. The molecule has 5 nitrogen and oxygen atoms in total. The monoisotopic (exact) mass is 279 g/mol. The van der Waals surface area contributed by atoms with Crippen LogP contribution in [0.5, 0.6) is 0 Å². The molecule has 0 atom stereocenters. The van der Waals surface area contributed by atoms with Crippen molar-refractivity contribution in [1.29, 1.82) is 5.26 Å². The molecule has 0 saturated carbocycles. The zero-order chi connectivity index (χ0) is 15.2. The van der Waals surface area contributed by atoms with Gasteiger partial charge in [-0.2, -0.15) is 5.26 Å². The number of nitrogens with one attached hydrogen (secondary N) is 2. The maximum absolute atomic E-state index is 11.9. The Morgan fingerprint density at radius 2 is 1.81 bits per heavy atom. The molecule has 2 N–H and O–H groups in total. The summed E-state index contributed by atoms with van der Waals surface area (Å²) in [6.45, 7) is 1.44. The van der Waals surface area contributed by atoms with Crippen molar-refractivity contribution in [3.8, 4) is 6.07 Å². The molecule has 0 saturated heterocycles. The lowest BCUT2D eigenvalue weighted by molar-refractivity contribution is 0.101. The fraction of sp³-hybridized carbons (Fsp3) is 0.0625. The molecule has 0 unspecified atom stereocenters. The molecule has 0 aliphatic heterocycles. The number of hydrogen-bond acceptors (Lipinski definition) is 3. The van der Waals surface area contributed by atoms with E-state index < -0.39 is 6.03 Å². The van der Waals surface area contributed by atoms with Crippen LogP contribution >= 0.6 is 0 Å². The van der Waals surface area contributed by atoms with Crippen molar-refractivity contribution in [2.75, 3.05) is 10.6 Å². The Bertz CT molecular complexity index is 732. The Morgan fingerprint density at radius 1 is 1.05 bits per heavy atom. The number of para-hydroxylation sites is 1. The molecule has 104 valence electrons. The third kappa shape index (κ3) is 3.67. The predicted octanol–water partition coefficient (Wildman–Crippen LogP) is 3.40. The molecule has 0 spiro atoms. The molecule has 2 rings (SSSR count). The largest absolute Gasteiger partial charge is 0.323 e. The average molecular weight is 279 g/mol. The van der Waals surface area contributed by atoms with Gasteiger partial charge >= 0.3 is 6.03 Å². The SMILES string of the molecule is CC(=O)c1ccccc1NC(=O)Nc1cccc(C#N)c1. The third-order valence-corrected chi connectivity index (χ3v) is 2.80. The molecular formula is C16H13N3O2. The topological polar surface area (TPSA) is 82.0 Å². The maximum atomic E-state index is 11.9. The minimum atomic E-state index is -0.473. The standard InChI is InChI=1S/C16H13N3O2/c1-11(20)14-7-2-3-8-15(14)19-16(21)18-13-6-4-5-12(9-13)10-17/h2-9H,1H3,(H2,18,19,21). The summed E-state index contributed by atoms with van der Waals surface area (Å²) >= 11 is 0. The average Bonchev–Trinajstić information content (AvgIpc) is 2.47. The van der Waals surface area contributed by atoms with E-state index in [0.29, 0.717) is 22.5 Å². The minimum Gasteiger partial charge on any atom is -0.308 e. The second kappa shape index (κ2) is 6.35. The van der Waals surface area contributed by atoms with Gasteiger partial charge in [0.25, 0.3) is 0 Å². The Kier molecular flexibility index (Phi) is 4.32. The van der Waals surface area contributed by atoms with Crippen LogP contribution in [0.15, 0.2) is 48.5 Å². The van der Waals surface area contributed by atoms with Crippen molar-refractivity contribution in [3.63, 3.8) is 0 Å². The van der Waals surface area contributed by atoms with Gasteiger partial charge in [-0.1, -0.05) is 18.2 Å². The number of carbonyl (C=O) groups excluding carboxylic acids is 2. The van der Waals surface area contributed by atoms with Crippen LogP contribution in [0.4, 0.5) is 16.2 Å². The summed E-state index contributed by atoms with van der Waals surface area (Å²) in [5, 5.41) is 14.1. The van der Waals surface area contributed by atoms with E-state index in [0.717, 1.165) is 0 Å². The van der Waals surface area contributed by atoms with Crippen LogP contribution in [0.2, 0.25) is 0 Å². The molecule has 0 bridgehead atoms. The van der Waals surface area contributed by atoms with Crippen molar-refractivity contribution in [2.45, 2.75) is 6.92 Å². The lowest BCUT2D eigenvalue weighted by Crippen LogP contribution is -2.20. The van der Waals surface area contributed by atoms with Gasteiger partial charge in [0, 0.05) is 11.3 Å². The van der Waals surface area contributed by atoms with E-state index in [-0.39, 0.29) is 5.78 Å². The summed E-state index contributed by atoms with van der Waals surface area (Å²) in [5.74, 6) is -0.127. The van der Waals surface area contributed by atoms with E-state index in [1.807, 2.05) is 6.07 Å². The van der Waals surface area contributed by atoms with Gasteiger partial charge in [-0.25, -0.2) is 4.79 Å². The van der Waals surface area contributed by atoms with Crippen molar-refractivity contribution in [2.24, 2.45) is 0 Å². The molecule has 5 heteroatoms. The van der Waals surface area contributed by atoms with Gasteiger partial charge in [-0.15, -0.1) is 0 Å². The second-order valence-corrected chi connectivity index (χ2v) is 4.37. The van der Waals surface area contributed by atoms with Crippen LogP contribution in [-0.2, 0) is 0 Å². The molecule has 21 heavy (non-hydrogen) atoms. The van der Waals surface area contributed by atoms with Gasteiger partial charge < -0.3 is 10.6 Å². The van der Waals surface area contributed by atoms with E-state index in [9.17, 15) is 9.59 Å². The first-order valence-corrected chi connectivity index (χ1v) is 6.28. The summed E-state index contributed by atoms with van der Waals surface area (Å²) in [7, 11) is 0. The van der Waals surface area contributed by atoms with Gasteiger partial charge in [0.15, 0.2) is 5.78 Å². The second-order valence-electron chi connectivity index (χ2n) is 4.37. The Balaban J connectivity index is 2.12. The van der Waals surface area contributed by atoms with Gasteiger partial charge in [0.05, 0.1) is 17.3 Å². The number of benzene rings is 2. The summed E-state index contributed by atoms with van der Waals surface area (Å²) in [5.41, 5.74) is 1.85. The molecule has 0 aliphatic carbocycles. The first-order chi connectivity index (χ1) is 10.1. The number of carbonyl (C=O) groups is 2. The van der Waals surface area contributed by atoms with E-state index >= 15 is 0 Å². The van der Waals surface area contributed by atoms with Crippen LogP contribution in [-0.4, -0.2) is 11.8 Å². The van der Waals surface area contributed by atoms with Gasteiger partial charge in [0.1, 0.15) is 0 Å². The molecular weight excluding hydrogens is 266 g/mol. The molecule has 2 amide bonds. The molecule has 2 aromatic carbocycles. The van der Waals surface area contributed by atoms with Gasteiger partial charge in [-0.05, 0) is 37.3 Å². The van der Waals surface area contributed by atoms with Crippen molar-refractivity contribution in [1.82, 2.24) is 0 Å². The maximum Gasteiger partial charge on any atom is 0.323 e. The first kappa shape index (κ1) is 14.3. The normalized spacial score (nSPS) is 9.52. The van der Waals surface area contributed by atoms with Gasteiger partial charge in [0.2, 0.25) is 0 Å². The van der Waals surface area contributed by atoms with Crippen LogP contribution in [0.3, 0.4) is 0 Å².